The second-order valence-electron chi connectivity index (χ2n) is 5.53. The van der Waals surface area contributed by atoms with Crippen LogP contribution in [0.1, 0.15) is 26.2 Å². The topological polar surface area (TPSA) is 38.8 Å². The second-order valence-corrected chi connectivity index (χ2v) is 5.53. The summed E-state index contributed by atoms with van der Waals surface area (Å²) in [6, 6.07) is -0.0912. The van der Waals surface area contributed by atoms with E-state index in [-0.39, 0.29) is 11.9 Å². The molecule has 104 valence electrons. The van der Waals surface area contributed by atoms with Crippen LogP contribution in [0, 0.1) is 0 Å². The van der Waals surface area contributed by atoms with Gasteiger partial charge in [0, 0.05) is 39.3 Å². The van der Waals surface area contributed by atoms with Crippen LogP contribution in [0.4, 0.5) is 0 Å². The van der Waals surface area contributed by atoms with Gasteiger partial charge in [-0.2, -0.15) is 0 Å². The number of nitrogens with one attached hydrogen (secondary N) is 1. The number of piperidine rings is 1. The number of rotatable bonds is 3. The SMILES string of the molecule is CC(NN1CCN(C)CC1)C(=O)N1CCCCC1. The number of carbonyl (C=O) groups excluding carboxylic acids is 1. The molecule has 0 aliphatic carbocycles. The predicted molar refractivity (Wildman–Crippen MR) is 72.1 cm³/mol. The lowest BCUT2D eigenvalue weighted by Gasteiger charge is -2.36. The van der Waals surface area contributed by atoms with Crippen molar-refractivity contribution in [2.45, 2.75) is 32.2 Å². The first-order valence-electron chi connectivity index (χ1n) is 7.15. The Labute approximate surface area is 110 Å². The van der Waals surface area contributed by atoms with Gasteiger partial charge in [-0.1, -0.05) is 0 Å². The summed E-state index contributed by atoms with van der Waals surface area (Å²) < 4.78 is 0. The lowest BCUT2D eigenvalue weighted by Crippen LogP contribution is -2.57. The van der Waals surface area contributed by atoms with Crippen molar-refractivity contribution in [3.63, 3.8) is 0 Å². The van der Waals surface area contributed by atoms with E-state index in [9.17, 15) is 4.79 Å². The molecule has 1 N–H and O–H groups in total. The van der Waals surface area contributed by atoms with Crippen LogP contribution >= 0.6 is 0 Å². The molecule has 2 saturated heterocycles. The van der Waals surface area contributed by atoms with E-state index in [1.807, 2.05) is 11.8 Å². The van der Waals surface area contributed by atoms with Crippen LogP contribution in [0.2, 0.25) is 0 Å². The van der Waals surface area contributed by atoms with Crippen molar-refractivity contribution >= 4 is 5.91 Å². The number of hydrogen-bond acceptors (Lipinski definition) is 4. The largest absolute Gasteiger partial charge is 0.341 e. The number of amides is 1. The second kappa shape index (κ2) is 6.50. The maximum atomic E-state index is 12.3. The van der Waals surface area contributed by atoms with Crippen LogP contribution in [-0.4, -0.2) is 73.1 Å². The molecule has 2 aliphatic rings. The molecule has 0 aromatic rings. The average Bonchev–Trinajstić information content (AvgIpc) is 2.41. The van der Waals surface area contributed by atoms with Crippen LogP contribution in [0.5, 0.6) is 0 Å². The van der Waals surface area contributed by atoms with Gasteiger partial charge in [-0.25, -0.2) is 10.4 Å². The van der Waals surface area contributed by atoms with E-state index in [1.54, 1.807) is 0 Å². The van der Waals surface area contributed by atoms with Gasteiger partial charge >= 0.3 is 0 Å². The number of hydrazine groups is 1. The molecule has 2 rings (SSSR count). The number of hydrogen-bond donors (Lipinski definition) is 1. The number of piperazine rings is 1. The standard InChI is InChI=1S/C13H26N4O/c1-12(13(18)16-6-4-3-5-7-16)14-17-10-8-15(2)9-11-17/h12,14H,3-11H2,1-2H3. The van der Waals surface area contributed by atoms with Crippen LogP contribution in [0.25, 0.3) is 0 Å². The predicted octanol–water partition coefficient (Wildman–Crippen LogP) is 0.139. The van der Waals surface area contributed by atoms with Gasteiger partial charge in [-0.3, -0.25) is 4.79 Å². The minimum absolute atomic E-state index is 0.0912. The molecule has 0 aromatic heterocycles. The zero-order chi connectivity index (χ0) is 13.0. The molecule has 2 fully saturated rings. The third kappa shape index (κ3) is 3.67. The summed E-state index contributed by atoms with van der Waals surface area (Å²) in [4.78, 5) is 16.6. The monoisotopic (exact) mass is 254 g/mol. The van der Waals surface area contributed by atoms with Gasteiger partial charge in [0.2, 0.25) is 5.91 Å². The summed E-state index contributed by atoms with van der Waals surface area (Å²) in [5.74, 6) is 0.258. The lowest BCUT2D eigenvalue weighted by molar-refractivity contribution is -0.135. The quantitative estimate of drug-likeness (QED) is 0.777. The summed E-state index contributed by atoms with van der Waals surface area (Å²) in [5.41, 5.74) is 3.35. The molecule has 2 aliphatic heterocycles. The van der Waals surface area contributed by atoms with E-state index >= 15 is 0 Å². The van der Waals surface area contributed by atoms with Crippen LogP contribution in [0.3, 0.4) is 0 Å². The molecule has 5 heteroatoms. The van der Waals surface area contributed by atoms with E-state index in [2.05, 4.69) is 22.4 Å². The van der Waals surface area contributed by atoms with Crippen molar-refractivity contribution in [2.75, 3.05) is 46.3 Å². The van der Waals surface area contributed by atoms with E-state index in [0.29, 0.717) is 0 Å². The highest BCUT2D eigenvalue weighted by Crippen LogP contribution is 2.10. The van der Waals surface area contributed by atoms with Crippen molar-refractivity contribution < 1.29 is 4.79 Å². The molecule has 1 atom stereocenters. The molecule has 1 amide bonds. The van der Waals surface area contributed by atoms with Gasteiger partial charge in [0.05, 0.1) is 6.04 Å². The number of nitrogens with zero attached hydrogens (tertiary/aromatic N) is 3. The maximum absolute atomic E-state index is 12.3. The van der Waals surface area contributed by atoms with Gasteiger partial charge in [0.15, 0.2) is 0 Å². The highest BCUT2D eigenvalue weighted by Gasteiger charge is 2.24. The minimum Gasteiger partial charge on any atom is -0.341 e. The van der Waals surface area contributed by atoms with Crippen LogP contribution < -0.4 is 5.43 Å². The van der Waals surface area contributed by atoms with Gasteiger partial charge < -0.3 is 9.80 Å². The molecule has 0 aromatic carbocycles. The van der Waals surface area contributed by atoms with Gasteiger partial charge in [0.25, 0.3) is 0 Å². The number of carbonyl (C=O) groups is 1. The van der Waals surface area contributed by atoms with Crippen molar-refractivity contribution in [3.05, 3.63) is 0 Å². The van der Waals surface area contributed by atoms with E-state index < -0.39 is 0 Å². The summed E-state index contributed by atoms with van der Waals surface area (Å²) >= 11 is 0. The molecule has 0 bridgehead atoms. The summed E-state index contributed by atoms with van der Waals surface area (Å²) in [6.45, 7) is 7.98. The smallest absolute Gasteiger partial charge is 0.240 e. The van der Waals surface area contributed by atoms with E-state index in [0.717, 1.165) is 52.1 Å². The highest BCUT2D eigenvalue weighted by molar-refractivity contribution is 5.81. The summed E-state index contributed by atoms with van der Waals surface area (Å²) in [7, 11) is 2.14. The summed E-state index contributed by atoms with van der Waals surface area (Å²) in [5, 5.41) is 2.19. The Morgan fingerprint density at radius 2 is 1.61 bits per heavy atom. The zero-order valence-corrected chi connectivity index (χ0v) is 11.7. The molecule has 0 saturated carbocycles. The van der Waals surface area contributed by atoms with E-state index in [4.69, 9.17) is 0 Å². The molecule has 18 heavy (non-hydrogen) atoms. The Bertz CT molecular complexity index is 270. The Kier molecular flexibility index (Phi) is 4.97. The average molecular weight is 254 g/mol. The molecule has 5 nitrogen and oxygen atoms in total. The molecule has 0 spiro atoms. The van der Waals surface area contributed by atoms with Crippen molar-refractivity contribution in [1.29, 1.82) is 0 Å². The summed E-state index contributed by atoms with van der Waals surface area (Å²) in [6.07, 6.45) is 3.59. The normalized spacial score (nSPS) is 25.1. The lowest BCUT2D eigenvalue weighted by atomic mass is 10.1. The fraction of sp³-hybridized carbons (Fsp3) is 0.923. The fourth-order valence-corrected chi connectivity index (χ4v) is 2.65. The minimum atomic E-state index is -0.0912. The Balaban J connectivity index is 1.76. The zero-order valence-electron chi connectivity index (χ0n) is 11.7. The van der Waals surface area contributed by atoms with Crippen molar-refractivity contribution in [2.24, 2.45) is 0 Å². The van der Waals surface area contributed by atoms with Crippen LogP contribution in [0.15, 0.2) is 0 Å². The van der Waals surface area contributed by atoms with Crippen molar-refractivity contribution in [3.8, 4) is 0 Å². The maximum Gasteiger partial charge on any atom is 0.240 e. The Hall–Kier alpha value is -0.650. The first kappa shape index (κ1) is 13.8. The Morgan fingerprint density at radius 1 is 1.00 bits per heavy atom. The van der Waals surface area contributed by atoms with E-state index in [1.165, 1.54) is 6.42 Å². The molecule has 0 radical (unpaired) electrons. The third-order valence-electron chi connectivity index (χ3n) is 3.92. The first-order valence-corrected chi connectivity index (χ1v) is 7.15. The van der Waals surface area contributed by atoms with Gasteiger partial charge in [-0.15, -0.1) is 0 Å². The Morgan fingerprint density at radius 3 is 2.22 bits per heavy atom. The molecule has 2 heterocycles. The van der Waals surface area contributed by atoms with Crippen LogP contribution in [-0.2, 0) is 4.79 Å². The highest BCUT2D eigenvalue weighted by atomic mass is 16.2. The fourth-order valence-electron chi connectivity index (χ4n) is 2.65. The third-order valence-corrected chi connectivity index (χ3v) is 3.92. The molecule has 1 unspecified atom stereocenters. The molecular weight excluding hydrogens is 228 g/mol. The van der Waals surface area contributed by atoms with Crippen molar-refractivity contribution in [1.82, 2.24) is 20.2 Å². The number of likely N-dealkylation sites (N-methyl/N-ethyl adjacent to an activating group) is 1. The van der Waals surface area contributed by atoms with Gasteiger partial charge in [0.1, 0.15) is 0 Å². The molecular formula is C13H26N4O. The number of likely N-dealkylation sites (tertiary alicyclic amines) is 1. The van der Waals surface area contributed by atoms with Gasteiger partial charge in [-0.05, 0) is 33.2 Å². The first-order chi connectivity index (χ1) is 8.66.